The highest BCUT2D eigenvalue weighted by Crippen LogP contribution is 2.29. The Labute approximate surface area is 240 Å². The minimum atomic E-state index is -0.510. The summed E-state index contributed by atoms with van der Waals surface area (Å²) in [7, 11) is 1.61. The number of rotatable bonds is 6. The van der Waals surface area contributed by atoms with Gasteiger partial charge in [-0.25, -0.2) is 9.59 Å². The lowest BCUT2D eigenvalue weighted by molar-refractivity contribution is 0.103. The van der Waals surface area contributed by atoms with Crippen LogP contribution in [0.2, 0.25) is 0 Å². The molecule has 4 aromatic rings. The first kappa shape index (κ1) is 27.1. The van der Waals surface area contributed by atoms with Crippen LogP contribution < -0.4 is 26.3 Å². The van der Waals surface area contributed by atoms with Gasteiger partial charge in [-0.05, 0) is 73.7 Å². The fourth-order valence-electron chi connectivity index (χ4n) is 5.97. The lowest BCUT2D eigenvalue weighted by Crippen LogP contribution is -2.49. The van der Waals surface area contributed by atoms with Crippen LogP contribution in [0.4, 0.5) is 16.3 Å². The second-order valence-electron chi connectivity index (χ2n) is 10.7. The van der Waals surface area contributed by atoms with E-state index in [1.54, 1.807) is 38.2 Å². The molecule has 4 heterocycles. The fourth-order valence-corrected chi connectivity index (χ4v) is 5.97. The summed E-state index contributed by atoms with van der Waals surface area (Å²) in [5.41, 5.74) is 3.52. The van der Waals surface area contributed by atoms with E-state index in [9.17, 15) is 19.2 Å². The summed E-state index contributed by atoms with van der Waals surface area (Å²) >= 11 is 0. The number of aromatic amines is 1. The average molecular weight is 571 g/mol. The summed E-state index contributed by atoms with van der Waals surface area (Å²) in [6.45, 7) is 3.53. The number of aromatic nitrogens is 2. The van der Waals surface area contributed by atoms with E-state index in [0.29, 0.717) is 67.1 Å². The van der Waals surface area contributed by atoms with Gasteiger partial charge in [0.1, 0.15) is 11.6 Å². The highest BCUT2D eigenvalue weighted by Gasteiger charge is 2.31. The monoisotopic (exact) mass is 570 g/mol. The maximum atomic E-state index is 13.4. The molecule has 2 aliphatic rings. The minimum absolute atomic E-state index is 0.0135. The standard InChI is InChI=1S/C30H30N6O6/c1-17-11-19(13-24-27(17)34(2)30(40)42-24)28(38)20-14-25(33-26(37)15-20)35-8-6-21(7-9-35)36-10-5-18-12-22(41-16-31)3-4-23(18)32-29(36)39/h3-4,11-16,21,31H,5-10H2,1-2H3,(H,32,39)(H,33,37). The predicted octanol–water partition coefficient (Wildman–Crippen LogP) is 3.40. The number of pyridine rings is 1. The third-order valence-corrected chi connectivity index (χ3v) is 8.07. The number of ketones is 1. The van der Waals surface area contributed by atoms with Crippen LogP contribution in [0.1, 0.15) is 39.9 Å². The average Bonchev–Trinajstić information content (AvgIpc) is 3.16. The number of oxazole rings is 1. The highest BCUT2D eigenvalue weighted by molar-refractivity contribution is 6.10. The van der Waals surface area contributed by atoms with Gasteiger partial charge in [0.2, 0.25) is 5.56 Å². The SMILES string of the molecule is Cc1cc(C(=O)c2cc(N3CCC(N4CCc5cc(OC=N)ccc5NC4=O)CC3)[nH]c(=O)c2)cc2oc(=O)n(C)c12. The van der Waals surface area contributed by atoms with Gasteiger partial charge in [0, 0.05) is 55.6 Å². The summed E-state index contributed by atoms with van der Waals surface area (Å²) < 4.78 is 11.9. The number of anilines is 2. The topological polar surface area (TPSA) is 154 Å². The summed E-state index contributed by atoms with van der Waals surface area (Å²) in [5.74, 6) is 0.241. The Morgan fingerprint density at radius 1 is 1.05 bits per heavy atom. The van der Waals surface area contributed by atoms with Gasteiger partial charge in [-0.2, -0.15) is 0 Å². The van der Waals surface area contributed by atoms with Crippen molar-refractivity contribution in [1.82, 2.24) is 14.5 Å². The van der Waals surface area contributed by atoms with E-state index < -0.39 is 11.3 Å². The van der Waals surface area contributed by atoms with E-state index in [4.69, 9.17) is 14.6 Å². The maximum Gasteiger partial charge on any atom is 0.419 e. The lowest BCUT2D eigenvalue weighted by atomic mass is 10.00. The van der Waals surface area contributed by atoms with E-state index in [-0.39, 0.29) is 23.4 Å². The van der Waals surface area contributed by atoms with Crippen LogP contribution in [0, 0.1) is 12.3 Å². The third kappa shape index (κ3) is 4.95. The molecular weight excluding hydrogens is 540 g/mol. The Morgan fingerprint density at radius 2 is 1.81 bits per heavy atom. The molecule has 0 atom stereocenters. The van der Waals surface area contributed by atoms with Gasteiger partial charge < -0.3 is 29.3 Å². The zero-order chi connectivity index (χ0) is 29.5. The van der Waals surface area contributed by atoms with Crippen molar-refractivity contribution in [1.29, 1.82) is 5.41 Å². The number of hydrogen-bond acceptors (Lipinski definition) is 8. The summed E-state index contributed by atoms with van der Waals surface area (Å²) in [6.07, 6.45) is 2.91. The molecule has 216 valence electrons. The number of fused-ring (bicyclic) bond motifs is 2. The number of nitrogens with one attached hydrogen (secondary N) is 3. The summed E-state index contributed by atoms with van der Waals surface area (Å²) in [4.78, 5) is 57.8. The van der Waals surface area contributed by atoms with E-state index in [2.05, 4.69) is 10.3 Å². The number of H-pyrrole nitrogens is 1. The molecule has 1 fully saturated rings. The van der Waals surface area contributed by atoms with Crippen LogP contribution in [-0.2, 0) is 13.5 Å². The van der Waals surface area contributed by atoms with Crippen LogP contribution in [0.25, 0.3) is 11.1 Å². The Hall–Kier alpha value is -5.13. The second kappa shape index (κ2) is 10.7. The number of carbonyl (C=O) groups is 2. The minimum Gasteiger partial charge on any atom is -0.446 e. The summed E-state index contributed by atoms with van der Waals surface area (Å²) in [5, 5.41) is 10.1. The molecule has 42 heavy (non-hydrogen) atoms. The van der Waals surface area contributed by atoms with Crippen LogP contribution in [0.3, 0.4) is 0 Å². The van der Waals surface area contributed by atoms with Crippen LogP contribution in [-0.4, -0.2) is 58.3 Å². The van der Waals surface area contributed by atoms with Gasteiger partial charge in [0.15, 0.2) is 17.8 Å². The van der Waals surface area contributed by atoms with Crippen molar-refractivity contribution in [2.75, 3.05) is 29.9 Å². The Kier molecular flexibility index (Phi) is 6.89. The normalized spacial score (nSPS) is 15.7. The molecule has 12 nitrogen and oxygen atoms in total. The first-order chi connectivity index (χ1) is 20.2. The van der Waals surface area contributed by atoms with Crippen molar-refractivity contribution in [3.63, 3.8) is 0 Å². The van der Waals surface area contributed by atoms with Crippen LogP contribution >= 0.6 is 0 Å². The molecule has 2 aromatic heterocycles. The number of aryl methyl sites for hydroxylation is 2. The molecule has 12 heteroatoms. The molecular formula is C30H30N6O6. The Balaban J connectivity index is 1.16. The number of nitrogens with zero attached hydrogens (tertiary/aromatic N) is 3. The number of urea groups is 1. The molecule has 0 unspecified atom stereocenters. The maximum absolute atomic E-state index is 13.4. The number of benzene rings is 2. The molecule has 1 saturated heterocycles. The molecule has 2 aliphatic heterocycles. The first-order valence-corrected chi connectivity index (χ1v) is 13.7. The van der Waals surface area contributed by atoms with E-state index in [1.807, 2.05) is 15.9 Å². The van der Waals surface area contributed by atoms with Crippen molar-refractivity contribution in [2.45, 2.75) is 32.2 Å². The van der Waals surface area contributed by atoms with E-state index in [0.717, 1.165) is 23.2 Å². The van der Waals surface area contributed by atoms with E-state index in [1.165, 1.54) is 16.7 Å². The van der Waals surface area contributed by atoms with E-state index >= 15 is 0 Å². The van der Waals surface area contributed by atoms with Crippen molar-refractivity contribution in [2.24, 2.45) is 7.05 Å². The highest BCUT2D eigenvalue weighted by atomic mass is 16.5. The molecule has 0 aliphatic carbocycles. The van der Waals surface area contributed by atoms with Gasteiger partial charge in [0.25, 0.3) is 0 Å². The zero-order valence-electron chi connectivity index (χ0n) is 23.2. The van der Waals surface area contributed by atoms with Gasteiger partial charge in [0.05, 0.1) is 5.52 Å². The van der Waals surface area contributed by atoms with Crippen LogP contribution in [0.5, 0.6) is 5.75 Å². The largest absolute Gasteiger partial charge is 0.446 e. The first-order valence-electron chi connectivity index (χ1n) is 13.7. The molecule has 0 bridgehead atoms. The number of ether oxygens (including phenoxy) is 1. The molecule has 0 saturated carbocycles. The van der Waals surface area contributed by atoms with Crippen LogP contribution in [0.15, 0.2) is 56.5 Å². The van der Waals surface area contributed by atoms with Crippen molar-refractivity contribution >= 4 is 40.8 Å². The molecule has 0 spiro atoms. The van der Waals surface area contributed by atoms with Crippen molar-refractivity contribution < 1.29 is 18.7 Å². The third-order valence-electron chi connectivity index (χ3n) is 8.07. The lowest BCUT2D eigenvalue weighted by Gasteiger charge is -2.38. The molecule has 3 N–H and O–H groups in total. The number of carbonyl (C=O) groups excluding carboxylic acids is 2. The number of hydrogen-bond donors (Lipinski definition) is 3. The summed E-state index contributed by atoms with van der Waals surface area (Å²) in [6, 6.07) is 11.4. The molecule has 6 rings (SSSR count). The van der Waals surface area contributed by atoms with Gasteiger partial charge in [-0.3, -0.25) is 19.6 Å². The predicted molar refractivity (Wildman–Crippen MR) is 157 cm³/mol. The van der Waals surface area contributed by atoms with Gasteiger partial charge >= 0.3 is 11.8 Å². The van der Waals surface area contributed by atoms with Gasteiger partial charge in [-0.15, -0.1) is 0 Å². The smallest absolute Gasteiger partial charge is 0.419 e. The number of piperidine rings is 1. The van der Waals surface area contributed by atoms with Gasteiger partial charge in [-0.1, -0.05) is 0 Å². The molecule has 2 aromatic carbocycles. The fraction of sp³-hybridized carbons (Fsp3) is 0.300. The van der Waals surface area contributed by atoms with Crippen molar-refractivity contribution in [3.05, 3.63) is 85.6 Å². The quantitative estimate of drug-likeness (QED) is 0.182. The molecule has 2 amide bonds. The zero-order valence-corrected chi connectivity index (χ0v) is 23.2. The van der Waals surface area contributed by atoms with Crippen molar-refractivity contribution in [3.8, 4) is 5.75 Å². The number of amides is 2. The second-order valence-corrected chi connectivity index (χ2v) is 10.7. The molecule has 0 radical (unpaired) electrons. The Bertz CT molecular complexity index is 1850. The Morgan fingerprint density at radius 3 is 2.57 bits per heavy atom.